The fourth-order valence-electron chi connectivity index (χ4n) is 3.92. The first-order valence-corrected chi connectivity index (χ1v) is 11.0. The lowest BCUT2D eigenvalue weighted by Crippen LogP contribution is -2.32. The highest BCUT2D eigenvalue weighted by atomic mass is 35.5. The first-order chi connectivity index (χ1) is 16.5. The van der Waals surface area contributed by atoms with Gasteiger partial charge in [-0.25, -0.2) is 4.68 Å². The molecule has 1 amide bonds. The maximum Gasteiger partial charge on any atom is 0.256 e. The number of halogens is 1. The molecule has 170 valence electrons. The summed E-state index contributed by atoms with van der Waals surface area (Å²) < 4.78 is 7.08. The first-order valence-electron chi connectivity index (χ1n) is 10.6. The second kappa shape index (κ2) is 8.99. The third kappa shape index (κ3) is 3.99. The zero-order valence-corrected chi connectivity index (χ0v) is 19.2. The number of benzene rings is 2. The molecule has 8 nitrogen and oxygen atoms in total. The van der Waals surface area contributed by atoms with E-state index in [-0.39, 0.29) is 5.91 Å². The zero-order chi connectivity index (χ0) is 23.7. The Hall–Kier alpha value is -4.17. The highest BCUT2D eigenvalue weighted by Gasteiger charge is 2.35. The molecule has 1 atom stereocenters. The van der Waals surface area contributed by atoms with E-state index in [1.54, 1.807) is 42.3 Å². The summed E-state index contributed by atoms with van der Waals surface area (Å²) in [6.07, 6.45) is 1.69. The van der Waals surface area contributed by atoms with Crippen LogP contribution >= 0.6 is 11.6 Å². The molecule has 1 aliphatic heterocycles. The van der Waals surface area contributed by atoms with E-state index in [2.05, 4.69) is 20.6 Å². The van der Waals surface area contributed by atoms with E-state index >= 15 is 0 Å². The van der Waals surface area contributed by atoms with Crippen molar-refractivity contribution in [2.75, 3.05) is 17.7 Å². The number of rotatable bonds is 5. The number of pyridine rings is 1. The van der Waals surface area contributed by atoms with Crippen LogP contribution in [-0.2, 0) is 4.79 Å². The van der Waals surface area contributed by atoms with Gasteiger partial charge in [-0.15, -0.1) is 5.10 Å². The molecule has 0 unspecified atom stereocenters. The van der Waals surface area contributed by atoms with Crippen LogP contribution in [0.4, 0.5) is 11.6 Å². The molecule has 0 spiro atoms. The molecule has 0 saturated heterocycles. The molecule has 9 heteroatoms. The molecule has 2 aromatic carbocycles. The Bertz CT molecular complexity index is 1380. The lowest BCUT2D eigenvalue weighted by atomic mass is 9.98. The number of ether oxygens (including phenoxy) is 1. The summed E-state index contributed by atoms with van der Waals surface area (Å²) in [5, 5.41) is 11.6. The number of methoxy groups -OCH3 is 1. The summed E-state index contributed by atoms with van der Waals surface area (Å²) in [5.74, 6) is 1.31. The van der Waals surface area contributed by atoms with Crippen molar-refractivity contribution in [3.8, 4) is 17.1 Å². The second-order valence-corrected chi connectivity index (χ2v) is 8.12. The standard InChI is InChI=1S/C25H21ClN6O2/c1-15-21(24(33)29-18-7-3-4-9-20(18)34-2)22(19-8-5-6-14-27-19)32-25(28-15)30-23(31-32)16-10-12-17(26)13-11-16/h3-14,22H,1-2H3,(H,29,33)(H,28,30,31)/t22-/m1/s1. The average molecular weight is 473 g/mol. The molecule has 0 fully saturated rings. The maximum absolute atomic E-state index is 13.6. The molecule has 2 N–H and O–H groups in total. The number of anilines is 2. The van der Waals surface area contributed by atoms with Gasteiger partial charge in [-0.2, -0.15) is 4.98 Å². The van der Waals surface area contributed by atoms with Crippen LogP contribution in [0, 0.1) is 0 Å². The number of hydrogen-bond donors (Lipinski definition) is 2. The van der Waals surface area contributed by atoms with Crippen molar-refractivity contribution >= 4 is 29.1 Å². The number of amides is 1. The summed E-state index contributed by atoms with van der Waals surface area (Å²) in [6.45, 7) is 1.84. The Labute approximate surface area is 201 Å². The molecule has 3 heterocycles. The smallest absolute Gasteiger partial charge is 0.256 e. The van der Waals surface area contributed by atoms with Crippen LogP contribution < -0.4 is 15.4 Å². The molecule has 0 aliphatic carbocycles. The van der Waals surface area contributed by atoms with E-state index in [4.69, 9.17) is 21.4 Å². The fraction of sp³-hybridized carbons (Fsp3) is 0.120. The summed E-state index contributed by atoms with van der Waals surface area (Å²) in [6, 6.07) is 19.5. The summed E-state index contributed by atoms with van der Waals surface area (Å²) in [7, 11) is 1.56. The minimum Gasteiger partial charge on any atom is -0.495 e. The Kier molecular flexibility index (Phi) is 5.73. The van der Waals surface area contributed by atoms with Crippen LogP contribution in [0.15, 0.2) is 84.2 Å². The predicted molar refractivity (Wildman–Crippen MR) is 131 cm³/mol. The topological polar surface area (TPSA) is 94.0 Å². The SMILES string of the molecule is COc1ccccc1NC(=O)C1=C(C)Nc2nc(-c3ccc(Cl)cc3)nn2[C@@H]1c1ccccn1. The summed E-state index contributed by atoms with van der Waals surface area (Å²) >= 11 is 6.04. The molecular formula is C25H21ClN6O2. The van der Waals surface area contributed by atoms with E-state index in [1.807, 2.05) is 49.4 Å². The molecule has 0 saturated carbocycles. The van der Waals surface area contributed by atoms with Crippen LogP contribution in [0.25, 0.3) is 11.4 Å². The van der Waals surface area contributed by atoms with Gasteiger partial charge >= 0.3 is 0 Å². The van der Waals surface area contributed by atoms with Crippen molar-refractivity contribution in [2.24, 2.45) is 0 Å². The Morgan fingerprint density at radius 2 is 1.85 bits per heavy atom. The van der Waals surface area contributed by atoms with Gasteiger partial charge in [0.1, 0.15) is 11.8 Å². The average Bonchev–Trinajstić information content (AvgIpc) is 3.28. The third-order valence-electron chi connectivity index (χ3n) is 5.52. The number of allylic oxidation sites excluding steroid dienone is 1. The van der Waals surface area contributed by atoms with E-state index in [0.717, 1.165) is 5.56 Å². The molecule has 4 aromatic rings. The monoisotopic (exact) mass is 472 g/mol. The number of nitrogens with zero attached hydrogens (tertiary/aromatic N) is 4. The van der Waals surface area contributed by atoms with Gasteiger partial charge in [0, 0.05) is 22.5 Å². The van der Waals surface area contributed by atoms with E-state index in [0.29, 0.717) is 45.2 Å². The van der Waals surface area contributed by atoms with Crippen molar-refractivity contribution in [1.82, 2.24) is 19.7 Å². The van der Waals surface area contributed by atoms with Gasteiger partial charge in [0.2, 0.25) is 5.95 Å². The molecule has 0 bridgehead atoms. The van der Waals surface area contributed by atoms with E-state index < -0.39 is 6.04 Å². The number of fused-ring (bicyclic) bond motifs is 1. The van der Waals surface area contributed by atoms with Gasteiger partial charge in [0.25, 0.3) is 5.91 Å². The van der Waals surface area contributed by atoms with Crippen molar-refractivity contribution in [2.45, 2.75) is 13.0 Å². The normalized spacial score (nSPS) is 14.9. The Morgan fingerprint density at radius 3 is 2.59 bits per heavy atom. The van der Waals surface area contributed by atoms with Gasteiger partial charge in [-0.05, 0) is 55.5 Å². The first kappa shape index (κ1) is 21.7. The zero-order valence-electron chi connectivity index (χ0n) is 18.5. The molecule has 2 aromatic heterocycles. The van der Waals surface area contributed by atoms with Crippen molar-refractivity contribution in [3.63, 3.8) is 0 Å². The molecule has 5 rings (SSSR count). The van der Waals surface area contributed by atoms with Crippen LogP contribution in [0.3, 0.4) is 0 Å². The molecule has 34 heavy (non-hydrogen) atoms. The second-order valence-electron chi connectivity index (χ2n) is 7.69. The van der Waals surface area contributed by atoms with Crippen LogP contribution in [0.2, 0.25) is 5.02 Å². The molecule has 1 aliphatic rings. The highest BCUT2D eigenvalue weighted by Crippen LogP contribution is 2.36. The molecular weight excluding hydrogens is 452 g/mol. The quantitative estimate of drug-likeness (QED) is 0.427. The van der Waals surface area contributed by atoms with Crippen LogP contribution in [-0.4, -0.2) is 32.8 Å². The van der Waals surface area contributed by atoms with Crippen molar-refractivity contribution < 1.29 is 9.53 Å². The van der Waals surface area contributed by atoms with Gasteiger partial charge in [0.15, 0.2) is 5.82 Å². The molecule has 0 radical (unpaired) electrons. The van der Waals surface area contributed by atoms with Gasteiger partial charge in [-0.3, -0.25) is 9.78 Å². The number of carbonyl (C=O) groups excluding carboxylic acids is 1. The van der Waals surface area contributed by atoms with Crippen LogP contribution in [0.1, 0.15) is 18.7 Å². The van der Waals surface area contributed by atoms with Gasteiger partial charge in [0.05, 0.1) is 24.1 Å². The minimum absolute atomic E-state index is 0.292. The number of hydrogen-bond acceptors (Lipinski definition) is 6. The maximum atomic E-state index is 13.6. The van der Waals surface area contributed by atoms with Crippen molar-refractivity contribution in [1.29, 1.82) is 0 Å². The Balaban J connectivity index is 1.58. The van der Waals surface area contributed by atoms with Crippen molar-refractivity contribution in [3.05, 3.63) is 94.9 Å². The van der Waals surface area contributed by atoms with Gasteiger partial charge in [-0.1, -0.05) is 29.8 Å². The van der Waals surface area contributed by atoms with Gasteiger partial charge < -0.3 is 15.4 Å². The predicted octanol–water partition coefficient (Wildman–Crippen LogP) is 4.93. The van der Waals surface area contributed by atoms with Crippen LogP contribution in [0.5, 0.6) is 5.75 Å². The lowest BCUT2D eigenvalue weighted by Gasteiger charge is -2.28. The van der Waals surface area contributed by atoms with E-state index in [1.165, 1.54) is 0 Å². The number of nitrogens with one attached hydrogen (secondary N) is 2. The Morgan fingerprint density at radius 1 is 1.09 bits per heavy atom. The number of aromatic nitrogens is 4. The summed E-state index contributed by atoms with van der Waals surface area (Å²) in [4.78, 5) is 22.8. The highest BCUT2D eigenvalue weighted by molar-refractivity contribution is 6.30. The lowest BCUT2D eigenvalue weighted by molar-refractivity contribution is -0.113. The largest absolute Gasteiger partial charge is 0.495 e. The number of para-hydroxylation sites is 2. The minimum atomic E-state index is -0.583. The van der Waals surface area contributed by atoms with E-state index in [9.17, 15) is 4.79 Å². The fourth-order valence-corrected chi connectivity index (χ4v) is 4.04. The third-order valence-corrected chi connectivity index (χ3v) is 5.77. The summed E-state index contributed by atoms with van der Waals surface area (Å²) in [5.41, 5.74) is 3.18. The number of carbonyl (C=O) groups is 1.